The Balaban J connectivity index is 1.82. The van der Waals surface area contributed by atoms with Gasteiger partial charge in [0.25, 0.3) is 0 Å². The van der Waals surface area contributed by atoms with Gasteiger partial charge in [-0.1, -0.05) is 6.07 Å². The molecule has 3 heterocycles. The van der Waals surface area contributed by atoms with Gasteiger partial charge < -0.3 is 9.73 Å². The Labute approximate surface area is 146 Å². The largest absolute Gasteiger partial charge is 0.423 e. The molecule has 0 saturated heterocycles. The number of aromatic nitrogens is 3. The Hall–Kier alpha value is -3.68. The molecule has 0 radical (unpaired) electrons. The maximum Gasteiger partial charge on any atom is 0.350 e. The van der Waals surface area contributed by atoms with E-state index in [1.807, 2.05) is 0 Å². The van der Waals surface area contributed by atoms with Crippen LogP contribution < -0.4 is 16.6 Å². The highest BCUT2D eigenvalue weighted by Gasteiger charge is 2.11. The summed E-state index contributed by atoms with van der Waals surface area (Å²) in [5.74, 6) is -0.223. The standard InChI is InChI=1S/C18H14N4O4/c1-11(23)19-13-5-6-14-12(8-17(24)26-15(14)9-13)10-22-18(25)21-7-3-2-4-16(21)20-22/h2-9H,10H2,1H3,(H,19,23). The van der Waals surface area contributed by atoms with Crippen molar-refractivity contribution in [3.8, 4) is 0 Å². The van der Waals surface area contributed by atoms with Gasteiger partial charge in [-0.15, -0.1) is 5.10 Å². The summed E-state index contributed by atoms with van der Waals surface area (Å²) in [6, 6.07) is 11.6. The van der Waals surface area contributed by atoms with E-state index < -0.39 is 5.63 Å². The molecule has 1 aromatic carbocycles. The third kappa shape index (κ3) is 2.77. The lowest BCUT2D eigenvalue weighted by molar-refractivity contribution is -0.114. The summed E-state index contributed by atoms with van der Waals surface area (Å²) in [6.07, 6.45) is 1.64. The lowest BCUT2D eigenvalue weighted by Crippen LogP contribution is -2.22. The summed E-state index contributed by atoms with van der Waals surface area (Å²) < 4.78 is 7.96. The number of nitrogens with zero attached hydrogens (tertiary/aromatic N) is 3. The first-order valence-electron chi connectivity index (χ1n) is 7.90. The van der Waals surface area contributed by atoms with Crippen LogP contribution in [0, 0.1) is 0 Å². The summed E-state index contributed by atoms with van der Waals surface area (Å²) in [7, 11) is 0. The lowest BCUT2D eigenvalue weighted by Gasteiger charge is -2.07. The van der Waals surface area contributed by atoms with E-state index in [0.29, 0.717) is 27.9 Å². The van der Waals surface area contributed by atoms with Crippen LogP contribution in [0.3, 0.4) is 0 Å². The second kappa shape index (κ2) is 5.99. The van der Waals surface area contributed by atoms with Crippen molar-refractivity contribution in [2.24, 2.45) is 0 Å². The molecule has 130 valence electrons. The van der Waals surface area contributed by atoms with E-state index in [2.05, 4.69) is 10.4 Å². The van der Waals surface area contributed by atoms with Crippen LogP contribution >= 0.6 is 0 Å². The van der Waals surface area contributed by atoms with E-state index >= 15 is 0 Å². The molecule has 4 aromatic rings. The summed E-state index contributed by atoms with van der Waals surface area (Å²) in [5.41, 5.74) is 1.15. The number of rotatable bonds is 3. The molecule has 0 fully saturated rings. The van der Waals surface area contributed by atoms with Crippen LogP contribution in [-0.4, -0.2) is 20.1 Å². The third-order valence-corrected chi connectivity index (χ3v) is 3.96. The zero-order chi connectivity index (χ0) is 18.3. The van der Waals surface area contributed by atoms with Gasteiger partial charge in [0.2, 0.25) is 5.91 Å². The van der Waals surface area contributed by atoms with Gasteiger partial charge in [-0.2, -0.15) is 0 Å². The van der Waals surface area contributed by atoms with Gasteiger partial charge in [0.1, 0.15) is 5.58 Å². The van der Waals surface area contributed by atoms with Crippen LogP contribution in [-0.2, 0) is 11.3 Å². The maximum absolute atomic E-state index is 12.4. The van der Waals surface area contributed by atoms with Crippen LogP contribution in [0.5, 0.6) is 0 Å². The first-order valence-corrected chi connectivity index (χ1v) is 7.90. The molecule has 0 aliphatic rings. The first-order chi connectivity index (χ1) is 12.5. The molecule has 0 bridgehead atoms. The van der Waals surface area contributed by atoms with Crippen molar-refractivity contribution in [3.63, 3.8) is 0 Å². The Bertz CT molecular complexity index is 1270. The maximum atomic E-state index is 12.4. The quantitative estimate of drug-likeness (QED) is 0.566. The minimum atomic E-state index is -0.538. The number of nitrogens with one attached hydrogen (secondary N) is 1. The summed E-state index contributed by atoms with van der Waals surface area (Å²) in [4.78, 5) is 35.6. The Morgan fingerprint density at radius 3 is 2.81 bits per heavy atom. The zero-order valence-corrected chi connectivity index (χ0v) is 13.8. The number of anilines is 1. The molecule has 1 N–H and O–H groups in total. The minimum Gasteiger partial charge on any atom is -0.423 e. The Kier molecular flexibility index (Phi) is 3.65. The normalized spacial score (nSPS) is 11.1. The van der Waals surface area contributed by atoms with Gasteiger partial charge in [-0.3, -0.25) is 9.20 Å². The number of fused-ring (bicyclic) bond motifs is 2. The van der Waals surface area contributed by atoms with Crippen LogP contribution in [0.4, 0.5) is 5.69 Å². The van der Waals surface area contributed by atoms with Gasteiger partial charge in [-0.25, -0.2) is 14.3 Å². The van der Waals surface area contributed by atoms with E-state index in [-0.39, 0.29) is 18.1 Å². The van der Waals surface area contributed by atoms with Crippen molar-refractivity contribution in [2.75, 3.05) is 5.32 Å². The summed E-state index contributed by atoms with van der Waals surface area (Å²) >= 11 is 0. The lowest BCUT2D eigenvalue weighted by atomic mass is 10.1. The van der Waals surface area contributed by atoms with E-state index in [1.54, 1.807) is 42.6 Å². The second-order valence-corrected chi connectivity index (χ2v) is 5.85. The van der Waals surface area contributed by atoms with Crippen LogP contribution in [0.2, 0.25) is 0 Å². The molecule has 0 saturated carbocycles. The number of pyridine rings is 1. The Morgan fingerprint density at radius 1 is 1.19 bits per heavy atom. The highest BCUT2D eigenvalue weighted by molar-refractivity contribution is 5.92. The van der Waals surface area contributed by atoms with Crippen molar-refractivity contribution >= 4 is 28.2 Å². The first kappa shape index (κ1) is 15.8. The highest BCUT2D eigenvalue weighted by Crippen LogP contribution is 2.21. The van der Waals surface area contributed by atoms with E-state index in [9.17, 15) is 14.4 Å². The molecular weight excluding hydrogens is 336 g/mol. The fourth-order valence-corrected chi connectivity index (χ4v) is 2.87. The predicted octanol–water partition coefficient (Wildman–Crippen LogP) is 1.61. The number of benzene rings is 1. The van der Waals surface area contributed by atoms with Gasteiger partial charge in [0.05, 0.1) is 6.54 Å². The molecule has 4 rings (SSSR count). The van der Waals surface area contributed by atoms with Gasteiger partial charge in [0, 0.05) is 36.3 Å². The van der Waals surface area contributed by atoms with Gasteiger partial charge in [-0.05, 0) is 29.8 Å². The molecule has 0 spiro atoms. The monoisotopic (exact) mass is 350 g/mol. The fourth-order valence-electron chi connectivity index (χ4n) is 2.87. The van der Waals surface area contributed by atoms with Crippen LogP contribution in [0.1, 0.15) is 12.5 Å². The molecule has 1 amide bonds. The smallest absolute Gasteiger partial charge is 0.350 e. The number of amides is 1. The molecule has 8 heteroatoms. The van der Waals surface area contributed by atoms with Crippen molar-refractivity contribution in [3.05, 3.63) is 75.1 Å². The summed E-state index contributed by atoms with van der Waals surface area (Å²) in [5, 5.41) is 7.59. The minimum absolute atomic E-state index is 0.127. The van der Waals surface area contributed by atoms with E-state index in [4.69, 9.17) is 4.42 Å². The fraction of sp³-hybridized carbons (Fsp3) is 0.111. The predicted molar refractivity (Wildman–Crippen MR) is 95.3 cm³/mol. The molecule has 8 nitrogen and oxygen atoms in total. The highest BCUT2D eigenvalue weighted by atomic mass is 16.4. The van der Waals surface area contributed by atoms with Crippen LogP contribution in [0.25, 0.3) is 16.6 Å². The van der Waals surface area contributed by atoms with Crippen molar-refractivity contribution in [2.45, 2.75) is 13.5 Å². The van der Waals surface area contributed by atoms with Crippen molar-refractivity contribution in [1.29, 1.82) is 0 Å². The summed E-state index contributed by atoms with van der Waals surface area (Å²) in [6.45, 7) is 1.52. The molecule has 0 aliphatic carbocycles. The van der Waals surface area contributed by atoms with Gasteiger partial charge >= 0.3 is 11.3 Å². The average Bonchev–Trinajstić information content (AvgIpc) is 2.90. The second-order valence-electron chi connectivity index (χ2n) is 5.85. The van der Waals surface area contributed by atoms with Crippen molar-refractivity contribution < 1.29 is 9.21 Å². The molecule has 0 atom stereocenters. The molecule has 0 unspecified atom stereocenters. The SMILES string of the molecule is CC(=O)Nc1ccc2c(Cn3nc4ccccn4c3=O)cc(=O)oc2c1. The molecule has 26 heavy (non-hydrogen) atoms. The van der Waals surface area contributed by atoms with Gasteiger partial charge in [0.15, 0.2) is 5.65 Å². The molecular formula is C18H14N4O4. The molecule has 3 aromatic heterocycles. The zero-order valence-electron chi connectivity index (χ0n) is 13.8. The number of carbonyl (C=O) groups is 1. The van der Waals surface area contributed by atoms with E-state index in [1.165, 1.54) is 22.1 Å². The van der Waals surface area contributed by atoms with Crippen LogP contribution in [0.15, 0.2) is 62.7 Å². The Morgan fingerprint density at radius 2 is 2.04 bits per heavy atom. The third-order valence-electron chi connectivity index (χ3n) is 3.96. The topological polar surface area (TPSA) is 98.6 Å². The van der Waals surface area contributed by atoms with Crippen molar-refractivity contribution in [1.82, 2.24) is 14.2 Å². The number of hydrogen-bond donors (Lipinski definition) is 1. The number of hydrogen-bond acceptors (Lipinski definition) is 5. The molecule has 0 aliphatic heterocycles. The van der Waals surface area contributed by atoms with E-state index in [0.717, 1.165) is 0 Å². The average molecular weight is 350 g/mol. The number of carbonyl (C=O) groups excluding carboxylic acids is 1.